The van der Waals surface area contributed by atoms with Gasteiger partial charge in [-0.25, -0.2) is 0 Å². The number of hydrogen-bond acceptors (Lipinski definition) is 0. The molecule has 140 valence electrons. The molecule has 2 saturated carbocycles. The SMILES string of the molecule is C/C=C/CCC1CCC(CCCCC2CCC(CCC)CC2)CC1. The third-order valence-electron chi connectivity index (χ3n) is 7.08. The van der Waals surface area contributed by atoms with Crippen molar-refractivity contribution in [2.45, 2.75) is 117 Å². The molecule has 0 N–H and O–H groups in total. The Morgan fingerprint density at radius 3 is 1.46 bits per heavy atom. The molecule has 0 aromatic carbocycles. The van der Waals surface area contributed by atoms with E-state index in [1.54, 1.807) is 12.8 Å². The van der Waals surface area contributed by atoms with Gasteiger partial charge in [0.25, 0.3) is 0 Å². The summed E-state index contributed by atoms with van der Waals surface area (Å²) in [6, 6.07) is 0. The molecule has 0 atom stereocenters. The average molecular weight is 333 g/mol. The van der Waals surface area contributed by atoms with E-state index in [0.29, 0.717) is 0 Å². The summed E-state index contributed by atoms with van der Waals surface area (Å²) in [7, 11) is 0. The third kappa shape index (κ3) is 7.75. The van der Waals surface area contributed by atoms with Crippen molar-refractivity contribution in [3.63, 3.8) is 0 Å². The second-order valence-electron chi connectivity index (χ2n) is 8.99. The van der Waals surface area contributed by atoms with E-state index in [1.165, 1.54) is 89.9 Å². The Morgan fingerprint density at radius 2 is 1.04 bits per heavy atom. The molecule has 0 bridgehead atoms. The molecule has 0 aromatic heterocycles. The molecule has 0 heterocycles. The molecule has 2 fully saturated rings. The van der Waals surface area contributed by atoms with Gasteiger partial charge in [-0.1, -0.05) is 109 Å². The summed E-state index contributed by atoms with van der Waals surface area (Å²) < 4.78 is 0. The second kappa shape index (κ2) is 12.2. The van der Waals surface area contributed by atoms with Gasteiger partial charge in [0.2, 0.25) is 0 Å². The van der Waals surface area contributed by atoms with Gasteiger partial charge in [-0.05, 0) is 43.4 Å². The maximum atomic E-state index is 2.35. The van der Waals surface area contributed by atoms with Crippen LogP contribution >= 0.6 is 0 Å². The molecule has 2 rings (SSSR count). The fraction of sp³-hybridized carbons (Fsp3) is 0.917. The fourth-order valence-electron chi connectivity index (χ4n) is 5.39. The standard InChI is InChI=1S/C24H44/c1-3-5-6-10-22-17-19-24(20-18-22)12-8-7-11-23-15-13-21(9-4-2)14-16-23/h3,5,21-24H,4,6-20H2,1-2H3/b5-3+. The van der Waals surface area contributed by atoms with Gasteiger partial charge in [-0.3, -0.25) is 0 Å². The van der Waals surface area contributed by atoms with Crippen molar-refractivity contribution in [3.8, 4) is 0 Å². The predicted octanol–water partition coefficient (Wildman–Crippen LogP) is 8.32. The molecule has 0 unspecified atom stereocenters. The minimum absolute atomic E-state index is 1.04. The van der Waals surface area contributed by atoms with Gasteiger partial charge in [0.1, 0.15) is 0 Å². The van der Waals surface area contributed by atoms with Crippen LogP contribution in [0.15, 0.2) is 12.2 Å². The Balaban J connectivity index is 1.46. The molecular formula is C24H44. The zero-order chi connectivity index (χ0) is 17.0. The lowest BCUT2D eigenvalue weighted by Crippen LogP contribution is -2.15. The number of rotatable bonds is 10. The Hall–Kier alpha value is -0.260. The Morgan fingerprint density at radius 1 is 0.625 bits per heavy atom. The molecule has 2 aliphatic rings. The molecule has 0 aliphatic heterocycles. The van der Waals surface area contributed by atoms with E-state index in [1.807, 2.05) is 0 Å². The maximum absolute atomic E-state index is 2.35. The summed E-state index contributed by atoms with van der Waals surface area (Å²) in [5, 5.41) is 0. The first-order valence-corrected chi connectivity index (χ1v) is 11.4. The first kappa shape index (κ1) is 20.1. The Kier molecular flexibility index (Phi) is 10.2. The molecule has 2 aliphatic carbocycles. The van der Waals surface area contributed by atoms with Crippen molar-refractivity contribution in [1.82, 2.24) is 0 Å². The van der Waals surface area contributed by atoms with Crippen LogP contribution in [0, 0.1) is 23.7 Å². The van der Waals surface area contributed by atoms with Crippen LogP contribution in [0.1, 0.15) is 117 Å². The molecule has 0 aromatic rings. The van der Waals surface area contributed by atoms with Crippen LogP contribution in [0.5, 0.6) is 0 Å². The normalized spacial score (nSPS) is 31.6. The predicted molar refractivity (Wildman–Crippen MR) is 108 cm³/mol. The lowest BCUT2D eigenvalue weighted by Gasteiger charge is -2.29. The van der Waals surface area contributed by atoms with E-state index < -0.39 is 0 Å². The highest BCUT2D eigenvalue weighted by Gasteiger charge is 2.22. The van der Waals surface area contributed by atoms with Gasteiger partial charge in [-0.2, -0.15) is 0 Å². The first-order valence-electron chi connectivity index (χ1n) is 11.4. The zero-order valence-electron chi connectivity index (χ0n) is 16.8. The minimum atomic E-state index is 1.04. The summed E-state index contributed by atoms with van der Waals surface area (Å²) >= 11 is 0. The van der Waals surface area contributed by atoms with Crippen LogP contribution in [-0.4, -0.2) is 0 Å². The number of unbranched alkanes of at least 4 members (excludes halogenated alkanes) is 1. The number of allylic oxidation sites excluding steroid dienone is 2. The molecule has 0 amide bonds. The summed E-state index contributed by atoms with van der Waals surface area (Å²) in [5.41, 5.74) is 0. The van der Waals surface area contributed by atoms with Gasteiger partial charge in [0.15, 0.2) is 0 Å². The molecule has 24 heavy (non-hydrogen) atoms. The lowest BCUT2D eigenvalue weighted by molar-refractivity contribution is 0.234. The first-order chi connectivity index (χ1) is 11.8. The van der Waals surface area contributed by atoms with Crippen LogP contribution in [0.25, 0.3) is 0 Å². The van der Waals surface area contributed by atoms with E-state index in [9.17, 15) is 0 Å². The van der Waals surface area contributed by atoms with Crippen LogP contribution in [0.2, 0.25) is 0 Å². The highest BCUT2D eigenvalue weighted by molar-refractivity contribution is 4.80. The number of hydrogen-bond donors (Lipinski definition) is 0. The van der Waals surface area contributed by atoms with Crippen LogP contribution in [-0.2, 0) is 0 Å². The van der Waals surface area contributed by atoms with Gasteiger partial charge in [0.05, 0.1) is 0 Å². The van der Waals surface area contributed by atoms with Crippen LogP contribution in [0.3, 0.4) is 0 Å². The van der Waals surface area contributed by atoms with E-state index in [-0.39, 0.29) is 0 Å². The zero-order valence-corrected chi connectivity index (χ0v) is 16.8. The summed E-state index contributed by atoms with van der Waals surface area (Å²) in [6.07, 6.45) is 28.6. The fourth-order valence-corrected chi connectivity index (χ4v) is 5.39. The molecule has 0 heteroatoms. The van der Waals surface area contributed by atoms with Crippen molar-refractivity contribution >= 4 is 0 Å². The van der Waals surface area contributed by atoms with E-state index in [4.69, 9.17) is 0 Å². The maximum Gasteiger partial charge on any atom is -0.0348 e. The van der Waals surface area contributed by atoms with Crippen LogP contribution in [0.4, 0.5) is 0 Å². The molecular weight excluding hydrogens is 288 g/mol. The smallest absolute Gasteiger partial charge is 0.0348 e. The van der Waals surface area contributed by atoms with Gasteiger partial charge >= 0.3 is 0 Å². The van der Waals surface area contributed by atoms with Crippen molar-refractivity contribution in [2.24, 2.45) is 23.7 Å². The van der Waals surface area contributed by atoms with Gasteiger partial charge in [0, 0.05) is 0 Å². The highest BCUT2D eigenvalue weighted by Crippen LogP contribution is 2.36. The average Bonchev–Trinajstić information content (AvgIpc) is 2.62. The Labute approximate surface area is 152 Å². The molecule has 0 spiro atoms. The van der Waals surface area contributed by atoms with Gasteiger partial charge < -0.3 is 0 Å². The topological polar surface area (TPSA) is 0 Å². The summed E-state index contributed by atoms with van der Waals surface area (Å²) in [4.78, 5) is 0. The summed E-state index contributed by atoms with van der Waals surface area (Å²) in [5.74, 6) is 4.27. The van der Waals surface area contributed by atoms with Crippen molar-refractivity contribution < 1.29 is 0 Å². The van der Waals surface area contributed by atoms with Gasteiger partial charge in [-0.15, -0.1) is 0 Å². The molecule has 0 radical (unpaired) electrons. The monoisotopic (exact) mass is 332 g/mol. The second-order valence-corrected chi connectivity index (χ2v) is 8.99. The van der Waals surface area contributed by atoms with Crippen molar-refractivity contribution in [3.05, 3.63) is 12.2 Å². The molecule has 0 saturated heterocycles. The van der Waals surface area contributed by atoms with E-state index >= 15 is 0 Å². The largest absolute Gasteiger partial charge is 0.0917 e. The quantitative estimate of drug-likeness (QED) is 0.278. The van der Waals surface area contributed by atoms with E-state index in [0.717, 1.165) is 23.7 Å². The van der Waals surface area contributed by atoms with Crippen molar-refractivity contribution in [2.75, 3.05) is 0 Å². The Bertz CT molecular complexity index is 313. The van der Waals surface area contributed by atoms with E-state index in [2.05, 4.69) is 26.0 Å². The third-order valence-corrected chi connectivity index (χ3v) is 7.08. The van der Waals surface area contributed by atoms with Crippen molar-refractivity contribution in [1.29, 1.82) is 0 Å². The van der Waals surface area contributed by atoms with Crippen LogP contribution < -0.4 is 0 Å². The molecule has 0 nitrogen and oxygen atoms in total. The minimum Gasteiger partial charge on any atom is -0.0917 e. The highest BCUT2D eigenvalue weighted by atomic mass is 14.3. The lowest BCUT2D eigenvalue weighted by atomic mass is 9.76. The summed E-state index contributed by atoms with van der Waals surface area (Å²) in [6.45, 7) is 4.50.